The highest BCUT2D eigenvalue weighted by Gasteiger charge is 2.26. The van der Waals surface area contributed by atoms with Gasteiger partial charge in [0.1, 0.15) is 0 Å². The van der Waals surface area contributed by atoms with Gasteiger partial charge in [0.15, 0.2) is 0 Å². The summed E-state index contributed by atoms with van der Waals surface area (Å²) in [5, 5.41) is 22.4. The second-order valence-electron chi connectivity index (χ2n) is 6.59. The molecule has 0 N–H and O–H groups in total. The van der Waals surface area contributed by atoms with Crippen LogP contribution in [0.15, 0.2) is 60.7 Å². The molecule has 0 atom stereocenters. The summed E-state index contributed by atoms with van der Waals surface area (Å²) in [5.74, 6) is 0. The van der Waals surface area contributed by atoms with Crippen LogP contribution in [0, 0.1) is 20.2 Å². The first-order valence-corrected chi connectivity index (χ1v) is 11.3. The first-order chi connectivity index (χ1) is 15.8. The van der Waals surface area contributed by atoms with Crippen molar-refractivity contribution in [3.8, 4) is 0 Å². The summed E-state index contributed by atoms with van der Waals surface area (Å²) >= 11 is 34.2. The Morgan fingerprint density at radius 2 is 0.941 bits per heavy atom. The van der Waals surface area contributed by atoms with E-state index in [4.69, 9.17) is 69.6 Å². The van der Waals surface area contributed by atoms with E-state index in [9.17, 15) is 20.2 Å². The molecule has 4 aromatic rings. The predicted octanol–water partition coefficient (Wildman–Crippen LogP) is 7.94. The fourth-order valence-corrected chi connectivity index (χ4v) is 3.54. The molecule has 0 spiro atoms. The monoisotopic (exact) mass is 580 g/mol. The van der Waals surface area contributed by atoms with E-state index >= 15 is 0 Å². The molecule has 0 amide bonds. The average Bonchev–Trinajstić information content (AvgIpc) is 2.76. The number of rotatable bonds is 2. The molecule has 0 unspecified atom stereocenters. The molecular formula is C20H10Cl6N4O4. The lowest BCUT2D eigenvalue weighted by atomic mass is 10.1. The van der Waals surface area contributed by atoms with Gasteiger partial charge in [0.05, 0.1) is 43.0 Å². The number of aromatic nitrogens is 2. The van der Waals surface area contributed by atoms with Gasteiger partial charge in [0.2, 0.25) is 7.59 Å². The second-order valence-corrected chi connectivity index (χ2v) is 11.2. The Morgan fingerprint density at radius 3 is 1.24 bits per heavy atom. The highest BCUT2D eigenvalue weighted by molar-refractivity contribution is 6.67. The third-order valence-electron chi connectivity index (χ3n) is 4.39. The third-order valence-corrected chi connectivity index (χ3v) is 5.55. The largest absolute Gasteiger partial charge is 0.278 e. The minimum absolute atomic E-state index is 0.0223. The molecule has 34 heavy (non-hydrogen) atoms. The van der Waals surface area contributed by atoms with Crippen molar-refractivity contribution in [3.05, 3.63) is 92.3 Å². The molecule has 0 aliphatic carbocycles. The Balaban J connectivity index is 0.000000191. The molecule has 0 bridgehead atoms. The van der Waals surface area contributed by atoms with E-state index in [2.05, 4.69) is 9.97 Å². The van der Waals surface area contributed by atoms with Gasteiger partial charge in [-0.05, 0) is 36.4 Å². The van der Waals surface area contributed by atoms with E-state index < -0.39 is 17.4 Å². The summed E-state index contributed by atoms with van der Waals surface area (Å²) in [6.07, 6.45) is 0. The van der Waals surface area contributed by atoms with Crippen LogP contribution in [-0.2, 0) is 7.59 Å². The van der Waals surface area contributed by atoms with Crippen molar-refractivity contribution in [2.45, 2.75) is 7.59 Å². The van der Waals surface area contributed by atoms with Crippen LogP contribution in [0.1, 0.15) is 11.4 Å². The highest BCUT2D eigenvalue weighted by Crippen LogP contribution is 2.39. The van der Waals surface area contributed by atoms with Crippen molar-refractivity contribution in [2.24, 2.45) is 0 Å². The number of hydrogen-bond donors (Lipinski definition) is 0. The van der Waals surface area contributed by atoms with E-state index in [-0.39, 0.29) is 22.8 Å². The summed E-state index contributed by atoms with van der Waals surface area (Å²) < 4.78 is -3.28. The summed E-state index contributed by atoms with van der Waals surface area (Å²) in [5.41, 5.74) is 1.26. The van der Waals surface area contributed by atoms with Crippen molar-refractivity contribution >= 4 is 103 Å². The quantitative estimate of drug-likeness (QED) is 0.135. The minimum Gasteiger partial charge on any atom is -0.258 e. The van der Waals surface area contributed by atoms with Gasteiger partial charge in [0.25, 0.3) is 11.4 Å². The zero-order chi connectivity index (χ0) is 25.3. The van der Waals surface area contributed by atoms with Gasteiger partial charge in [-0.3, -0.25) is 20.2 Å². The van der Waals surface area contributed by atoms with Crippen molar-refractivity contribution in [1.29, 1.82) is 0 Å². The Morgan fingerprint density at radius 1 is 0.588 bits per heavy atom. The number of nitro groups is 2. The fourth-order valence-electron chi connectivity index (χ4n) is 2.91. The lowest BCUT2D eigenvalue weighted by molar-refractivity contribution is -0.383. The summed E-state index contributed by atoms with van der Waals surface area (Å²) in [6.45, 7) is 0. The van der Waals surface area contributed by atoms with Crippen LogP contribution in [-0.4, -0.2) is 19.8 Å². The number of alkyl halides is 6. The Kier molecular flexibility index (Phi) is 7.92. The molecule has 176 valence electrons. The Hall–Kier alpha value is -2.20. The van der Waals surface area contributed by atoms with Gasteiger partial charge >= 0.3 is 0 Å². The smallest absolute Gasteiger partial charge is 0.258 e. The molecule has 0 aliphatic rings. The van der Waals surface area contributed by atoms with Gasteiger partial charge in [-0.1, -0.05) is 81.7 Å². The Bertz CT molecular complexity index is 1300. The number of hydrogen-bond acceptors (Lipinski definition) is 6. The van der Waals surface area contributed by atoms with Gasteiger partial charge in [0, 0.05) is 12.1 Å². The molecule has 0 saturated heterocycles. The predicted molar refractivity (Wildman–Crippen MR) is 135 cm³/mol. The molecule has 2 aromatic heterocycles. The van der Waals surface area contributed by atoms with Crippen molar-refractivity contribution in [3.63, 3.8) is 0 Å². The Labute approximate surface area is 221 Å². The van der Waals surface area contributed by atoms with Crippen LogP contribution in [0.25, 0.3) is 21.8 Å². The van der Waals surface area contributed by atoms with E-state index in [1.165, 1.54) is 48.5 Å². The fraction of sp³-hybridized carbons (Fsp3) is 0.100. The van der Waals surface area contributed by atoms with Gasteiger partial charge < -0.3 is 0 Å². The molecular weight excluding hydrogens is 573 g/mol. The number of fused-ring (bicyclic) bond motifs is 2. The molecule has 14 heteroatoms. The maximum Gasteiger partial charge on any atom is 0.278 e. The van der Waals surface area contributed by atoms with Gasteiger partial charge in [-0.15, -0.1) is 0 Å². The standard InChI is InChI=1S/2C10H5Cl3N2O2/c2*11-10(12,13)9-5-4-6-7(14-9)2-1-3-8(6)15(16)17/h2*1-5H. The minimum atomic E-state index is -1.64. The van der Waals surface area contributed by atoms with Crippen LogP contribution >= 0.6 is 69.6 Å². The zero-order valence-corrected chi connectivity index (χ0v) is 21.0. The average molecular weight is 583 g/mol. The molecule has 2 heterocycles. The van der Waals surface area contributed by atoms with Crippen LogP contribution in [0.5, 0.6) is 0 Å². The number of non-ortho nitro benzene ring substituents is 2. The molecule has 2 aromatic carbocycles. The van der Waals surface area contributed by atoms with Crippen LogP contribution in [0.3, 0.4) is 0 Å². The molecule has 8 nitrogen and oxygen atoms in total. The van der Waals surface area contributed by atoms with Crippen molar-refractivity contribution in [1.82, 2.24) is 9.97 Å². The van der Waals surface area contributed by atoms with Gasteiger partial charge in [-0.2, -0.15) is 0 Å². The topological polar surface area (TPSA) is 112 Å². The molecule has 0 aliphatic heterocycles. The number of pyridine rings is 2. The number of benzene rings is 2. The number of nitro benzene ring substituents is 2. The zero-order valence-electron chi connectivity index (χ0n) is 16.5. The van der Waals surface area contributed by atoms with Crippen LogP contribution in [0.2, 0.25) is 0 Å². The normalized spacial score (nSPS) is 11.7. The summed E-state index contributed by atoms with van der Waals surface area (Å²) in [7, 11) is 0. The first-order valence-electron chi connectivity index (χ1n) is 9.02. The second kappa shape index (κ2) is 10.2. The molecule has 0 fully saturated rings. The maximum absolute atomic E-state index is 10.8. The van der Waals surface area contributed by atoms with Crippen LogP contribution in [0.4, 0.5) is 11.4 Å². The maximum atomic E-state index is 10.8. The van der Waals surface area contributed by atoms with Crippen LogP contribution < -0.4 is 0 Å². The van der Waals surface area contributed by atoms with E-state index in [1.54, 1.807) is 12.1 Å². The molecule has 0 radical (unpaired) electrons. The highest BCUT2D eigenvalue weighted by atomic mass is 35.6. The SMILES string of the molecule is O=[N+]([O-])c1cccc2nc(C(Cl)(Cl)Cl)ccc12.O=[N+]([O-])c1cccc2nc(C(Cl)(Cl)Cl)ccc12. The third kappa shape index (κ3) is 6.07. The van der Waals surface area contributed by atoms with Crippen molar-refractivity contribution in [2.75, 3.05) is 0 Å². The lowest BCUT2D eigenvalue weighted by Gasteiger charge is -2.10. The lowest BCUT2D eigenvalue weighted by Crippen LogP contribution is -2.03. The first kappa shape index (κ1) is 26.4. The van der Waals surface area contributed by atoms with Crippen molar-refractivity contribution < 1.29 is 9.85 Å². The molecule has 0 saturated carbocycles. The van der Waals surface area contributed by atoms with Gasteiger partial charge in [-0.25, -0.2) is 9.97 Å². The van der Waals surface area contributed by atoms with E-state index in [1.807, 2.05) is 0 Å². The van der Waals surface area contributed by atoms with E-state index in [0.717, 1.165) is 0 Å². The molecule has 4 rings (SSSR count). The summed E-state index contributed by atoms with van der Waals surface area (Å²) in [6, 6.07) is 15.1. The number of nitrogens with zero attached hydrogens (tertiary/aromatic N) is 4. The van der Waals surface area contributed by atoms with E-state index in [0.29, 0.717) is 21.8 Å². The summed E-state index contributed by atoms with van der Waals surface area (Å²) in [4.78, 5) is 28.8. The number of halogens is 6.